The van der Waals surface area contributed by atoms with Gasteiger partial charge in [-0.15, -0.1) is 0 Å². The normalized spacial score (nSPS) is 12.0. The third-order valence-corrected chi connectivity index (χ3v) is 10.8. The summed E-state index contributed by atoms with van der Waals surface area (Å²) in [6.45, 7) is 1.91. The maximum atomic E-state index is 10.6. The van der Waals surface area contributed by atoms with Gasteiger partial charge in [-0.3, -0.25) is 0 Å². The van der Waals surface area contributed by atoms with Crippen LogP contribution in [0.4, 0.5) is 0 Å². The number of benzene rings is 2. The van der Waals surface area contributed by atoms with E-state index in [1.54, 1.807) is 0 Å². The van der Waals surface area contributed by atoms with Gasteiger partial charge in [0.15, 0.2) is 0 Å². The topological polar surface area (TPSA) is 139 Å². The van der Waals surface area contributed by atoms with E-state index in [4.69, 9.17) is 19.7 Å². The number of carboxylic acid groups (broad SMARTS) is 2. The van der Waals surface area contributed by atoms with Gasteiger partial charge in [0.2, 0.25) is 0 Å². The Morgan fingerprint density at radius 2 is 0.661 bits per heavy atom. The SMILES string of the molecule is O=C([O-])CCCCC(CCCCCCCCCCCCO)OCc1ccccc1.O=C([O-])CCCCC(CCCCCCCCCCCCO)OCc1ccccc1.[Ba+2]. The first-order valence-electron chi connectivity index (χ1n) is 23.4. The molecule has 332 valence electrons. The van der Waals surface area contributed by atoms with E-state index < -0.39 is 11.9 Å². The summed E-state index contributed by atoms with van der Waals surface area (Å²) in [7, 11) is 0. The Bertz CT molecular complexity index is 1080. The molecule has 0 aromatic heterocycles. The van der Waals surface area contributed by atoms with Crippen LogP contribution in [0.1, 0.15) is 204 Å². The molecule has 2 N–H and O–H groups in total. The van der Waals surface area contributed by atoms with Crippen molar-refractivity contribution in [2.24, 2.45) is 0 Å². The predicted octanol–water partition coefficient (Wildman–Crippen LogP) is 9.95. The Morgan fingerprint density at radius 3 is 0.932 bits per heavy atom. The quantitative estimate of drug-likeness (QED) is 0.0498. The number of aliphatic hydroxyl groups is 2. The van der Waals surface area contributed by atoms with Gasteiger partial charge >= 0.3 is 48.9 Å². The standard InChI is InChI=1S/2C25H42O4.Ba/c2*26-21-15-8-6-4-2-1-3-5-7-12-18-24(19-13-14-20-25(27)28)29-22-23-16-10-9-11-17-23;/h2*9-11,16-17,24,26H,1-8,12-15,18-22H2,(H,27,28);/q;;+2/p-2. The van der Waals surface area contributed by atoms with Crippen molar-refractivity contribution in [1.29, 1.82) is 0 Å². The van der Waals surface area contributed by atoms with Gasteiger partial charge in [0, 0.05) is 25.2 Å². The molecule has 0 saturated heterocycles. The fraction of sp³-hybridized carbons (Fsp3) is 0.720. The maximum absolute atomic E-state index is 10.6. The van der Waals surface area contributed by atoms with E-state index in [1.807, 2.05) is 36.4 Å². The summed E-state index contributed by atoms with van der Waals surface area (Å²) in [5, 5.41) is 38.7. The first-order valence-corrected chi connectivity index (χ1v) is 23.4. The zero-order valence-electron chi connectivity index (χ0n) is 37.0. The molecule has 2 aromatic carbocycles. The van der Waals surface area contributed by atoms with E-state index in [0.29, 0.717) is 39.3 Å². The molecule has 0 aliphatic rings. The fourth-order valence-corrected chi connectivity index (χ4v) is 7.28. The van der Waals surface area contributed by atoms with Crippen molar-refractivity contribution in [3.05, 3.63) is 71.8 Å². The summed E-state index contributed by atoms with van der Waals surface area (Å²) in [4.78, 5) is 21.2. The monoisotopic (exact) mass is 949 g/mol. The van der Waals surface area contributed by atoms with Crippen LogP contribution in [0.5, 0.6) is 0 Å². The minimum atomic E-state index is -0.958. The van der Waals surface area contributed by atoms with Crippen LogP contribution in [-0.4, -0.2) is 96.5 Å². The van der Waals surface area contributed by atoms with Crippen LogP contribution in [0.25, 0.3) is 0 Å². The van der Waals surface area contributed by atoms with Crippen molar-refractivity contribution >= 4 is 60.8 Å². The number of rotatable bonds is 40. The second-order valence-electron chi connectivity index (χ2n) is 16.2. The molecule has 0 aliphatic heterocycles. The van der Waals surface area contributed by atoms with Crippen molar-refractivity contribution in [2.75, 3.05) is 13.2 Å². The van der Waals surface area contributed by atoms with Crippen molar-refractivity contribution < 1.29 is 39.5 Å². The molecule has 0 fully saturated rings. The van der Waals surface area contributed by atoms with E-state index >= 15 is 0 Å². The molecular formula is C50H82BaO8. The molecule has 9 heteroatoms. The van der Waals surface area contributed by atoms with Crippen LogP contribution in [0, 0.1) is 0 Å². The Labute approximate surface area is 400 Å². The van der Waals surface area contributed by atoms with Gasteiger partial charge in [0.1, 0.15) is 0 Å². The molecule has 0 bridgehead atoms. The van der Waals surface area contributed by atoms with Gasteiger partial charge in [0.25, 0.3) is 0 Å². The number of ether oxygens (including phenoxy) is 2. The maximum Gasteiger partial charge on any atom is 2.00 e. The summed E-state index contributed by atoms with van der Waals surface area (Å²) in [5.74, 6) is -1.92. The summed E-state index contributed by atoms with van der Waals surface area (Å²) in [5.41, 5.74) is 2.37. The van der Waals surface area contributed by atoms with Crippen LogP contribution in [0.3, 0.4) is 0 Å². The van der Waals surface area contributed by atoms with Crippen molar-refractivity contribution in [2.45, 2.75) is 218 Å². The van der Waals surface area contributed by atoms with E-state index in [-0.39, 0.29) is 73.9 Å². The second-order valence-corrected chi connectivity index (χ2v) is 16.2. The number of hydrogen-bond acceptors (Lipinski definition) is 8. The van der Waals surface area contributed by atoms with Crippen LogP contribution < -0.4 is 10.2 Å². The average Bonchev–Trinajstić information content (AvgIpc) is 3.23. The van der Waals surface area contributed by atoms with E-state index in [1.165, 1.54) is 114 Å². The van der Waals surface area contributed by atoms with Gasteiger partial charge in [0.05, 0.1) is 25.4 Å². The van der Waals surface area contributed by atoms with Crippen molar-refractivity contribution in [1.82, 2.24) is 0 Å². The largest absolute Gasteiger partial charge is 2.00 e. The van der Waals surface area contributed by atoms with E-state index in [0.717, 1.165) is 64.2 Å². The minimum absolute atomic E-state index is 0. The number of carbonyl (C=O) groups excluding carboxylic acids is 2. The zero-order valence-corrected chi connectivity index (χ0v) is 41.5. The molecular weight excluding hydrogens is 866 g/mol. The van der Waals surface area contributed by atoms with Crippen molar-refractivity contribution in [3.8, 4) is 0 Å². The van der Waals surface area contributed by atoms with Gasteiger partial charge < -0.3 is 39.5 Å². The molecule has 2 rings (SSSR count). The molecule has 0 saturated carbocycles. The predicted molar refractivity (Wildman–Crippen MR) is 238 cm³/mol. The second kappa shape index (κ2) is 44.8. The van der Waals surface area contributed by atoms with Crippen LogP contribution >= 0.6 is 0 Å². The van der Waals surface area contributed by atoms with Gasteiger partial charge in [-0.2, -0.15) is 0 Å². The smallest absolute Gasteiger partial charge is 0.550 e. The summed E-state index contributed by atoms with van der Waals surface area (Å²) >= 11 is 0. The fourth-order valence-electron chi connectivity index (χ4n) is 7.28. The number of hydrogen-bond donors (Lipinski definition) is 2. The molecule has 2 aromatic rings. The molecule has 0 radical (unpaired) electrons. The minimum Gasteiger partial charge on any atom is -0.550 e. The Kier molecular flexibility index (Phi) is 43.9. The molecule has 0 spiro atoms. The molecule has 8 nitrogen and oxygen atoms in total. The number of aliphatic carboxylic acids is 2. The molecule has 0 heterocycles. The third-order valence-electron chi connectivity index (χ3n) is 10.8. The van der Waals surface area contributed by atoms with E-state index in [2.05, 4.69) is 24.3 Å². The number of carboxylic acids is 2. The summed E-state index contributed by atoms with van der Waals surface area (Å²) < 4.78 is 12.3. The van der Waals surface area contributed by atoms with Crippen molar-refractivity contribution in [3.63, 3.8) is 0 Å². The Hall–Kier alpha value is -1.21. The first kappa shape index (κ1) is 57.8. The van der Waals surface area contributed by atoms with Crippen LogP contribution in [0.15, 0.2) is 60.7 Å². The zero-order chi connectivity index (χ0) is 42.0. The van der Waals surface area contributed by atoms with Gasteiger partial charge in [-0.05, 0) is 75.3 Å². The number of carbonyl (C=O) groups is 2. The molecule has 0 amide bonds. The first-order chi connectivity index (χ1) is 28.4. The number of unbranched alkanes of at least 4 members (excludes halogenated alkanes) is 20. The van der Waals surface area contributed by atoms with Gasteiger partial charge in [-0.1, -0.05) is 189 Å². The van der Waals surface area contributed by atoms with Gasteiger partial charge in [-0.25, -0.2) is 0 Å². The molecule has 2 atom stereocenters. The van der Waals surface area contributed by atoms with E-state index in [9.17, 15) is 19.8 Å². The van der Waals surface area contributed by atoms with Crippen LogP contribution in [-0.2, 0) is 32.3 Å². The average molecular weight is 949 g/mol. The third kappa shape index (κ3) is 40.6. The molecule has 0 aliphatic carbocycles. The molecule has 2 unspecified atom stereocenters. The summed E-state index contributed by atoms with van der Waals surface area (Å²) in [6, 6.07) is 20.5. The van der Waals surface area contributed by atoms with Crippen LogP contribution in [0.2, 0.25) is 0 Å². The Balaban J connectivity index is 0.00000112. The molecule has 59 heavy (non-hydrogen) atoms. The number of aliphatic hydroxyl groups excluding tert-OH is 2. The summed E-state index contributed by atoms with van der Waals surface area (Å²) in [6.07, 6.45) is 32.3. The Morgan fingerprint density at radius 1 is 0.407 bits per heavy atom.